The van der Waals surface area contributed by atoms with Crippen LogP contribution in [0.2, 0.25) is 0 Å². The van der Waals surface area contributed by atoms with Gasteiger partial charge in [-0.25, -0.2) is 0 Å². The first-order valence-electron chi connectivity index (χ1n) is 20.8. The SMILES string of the molecule is CCCCCCCC/C=C\CCCCCCCCO[C@@H]1O[C@H](COCC(O)C[N+](C)(C)CCCCCCCCCCCC)[C@@H](O)[C@H](O)[C@H]1O.[Cl-]. The van der Waals surface area contributed by atoms with Crippen LogP contribution in [0.15, 0.2) is 12.2 Å². The van der Waals surface area contributed by atoms with E-state index in [0.717, 1.165) is 36.7 Å². The van der Waals surface area contributed by atoms with Crippen molar-refractivity contribution in [3.63, 3.8) is 0 Å². The molecule has 50 heavy (non-hydrogen) atoms. The van der Waals surface area contributed by atoms with E-state index in [2.05, 4.69) is 40.1 Å². The fourth-order valence-corrected chi connectivity index (χ4v) is 6.80. The largest absolute Gasteiger partial charge is 1.00 e. The molecular weight excluding hydrogens is 654 g/mol. The minimum Gasteiger partial charge on any atom is -1.00 e. The number of quaternary nitrogens is 1. The van der Waals surface area contributed by atoms with Crippen LogP contribution in [0.4, 0.5) is 0 Å². The molecule has 0 bridgehead atoms. The third kappa shape index (κ3) is 26.5. The van der Waals surface area contributed by atoms with E-state index in [1.165, 1.54) is 128 Å². The van der Waals surface area contributed by atoms with Crippen LogP contribution in [0.1, 0.15) is 168 Å². The molecule has 1 aliphatic rings. The van der Waals surface area contributed by atoms with E-state index < -0.39 is 36.8 Å². The molecule has 0 aromatic heterocycles. The van der Waals surface area contributed by atoms with Gasteiger partial charge in [0, 0.05) is 6.61 Å². The van der Waals surface area contributed by atoms with Gasteiger partial charge in [-0.3, -0.25) is 0 Å². The van der Waals surface area contributed by atoms with Crippen LogP contribution < -0.4 is 12.4 Å². The molecule has 0 radical (unpaired) electrons. The summed E-state index contributed by atoms with van der Waals surface area (Å²) < 4.78 is 18.0. The standard InChI is InChI=1S/C41H82NO7.ClH/c1-5-7-9-11-13-15-17-18-19-20-21-22-24-26-28-30-32-48-41-40(46)39(45)38(44)37(49-41)35-47-34-36(43)33-42(3,4)31-29-27-25-23-16-14-12-10-8-6-2;/h18-19,36-41,43-46H,5-17,20-35H2,1-4H3;1H/q+1;/p-1/b19-18-;/t36?,37-,38-,39+,40-,41-;/m1./s1. The zero-order valence-corrected chi connectivity index (χ0v) is 33.7. The Bertz CT molecular complexity index is 758. The van der Waals surface area contributed by atoms with Crippen LogP contribution >= 0.6 is 0 Å². The van der Waals surface area contributed by atoms with E-state index in [9.17, 15) is 20.4 Å². The average Bonchev–Trinajstić information content (AvgIpc) is 3.07. The highest BCUT2D eigenvalue weighted by Gasteiger charge is 2.44. The molecule has 0 aromatic rings. The number of aliphatic hydroxyl groups excluding tert-OH is 4. The average molecular weight is 737 g/mol. The molecule has 1 rings (SSSR count). The van der Waals surface area contributed by atoms with E-state index in [4.69, 9.17) is 14.2 Å². The number of rotatable bonds is 34. The van der Waals surface area contributed by atoms with Gasteiger partial charge in [0.25, 0.3) is 0 Å². The number of ether oxygens (including phenoxy) is 3. The summed E-state index contributed by atoms with van der Waals surface area (Å²) >= 11 is 0. The molecule has 6 atom stereocenters. The van der Waals surface area contributed by atoms with Crippen LogP contribution in [-0.2, 0) is 14.2 Å². The lowest BCUT2D eigenvalue weighted by atomic mass is 9.99. The molecule has 0 spiro atoms. The molecule has 8 nitrogen and oxygen atoms in total. The Labute approximate surface area is 314 Å². The van der Waals surface area contributed by atoms with Crippen molar-refractivity contribution in [1.29, 1.82) is 0 Å². The summed E-state index contributed by atoms with van der Waals surface area (Å²) in [6, 6.07) is 0. The summed E-state index contributed by atoms with van der Waals surface area (Å²) in [7, 11) is 4.28. The topological polar surface area (TPSA) is 109 Å². The minimum atomic E-state index is -1.38. The monoisotopic (exact) mass is 736 g/mol. The van der Waals surface area contributed by atoms with Crippen molar-refractivity contribution in [3.05, 3.63) is 12.2 Å². The van der Waals surface area contributed by atoms with Crippen LogP contribution in [0.25, 0.3) is 0 Å². The summed E-state index contributed by atoms with van der Waals surface area (Å²) in [5.74, 6) is 0. The number of allylic oxidation sites excluding steroid dienone is 2. The quantitative estimate of drug-likeness (QED) is 0.0408. The molecule has 1 aliphatic heterocycles. The first-order chi connectivity index (χ1) is 23.7. The maximum Gasteiger partial charge on any atom is 0.186 e. The van der Waals surface area contributed by atoms with E-state index in [1.807, 2.05) is 0 Å². The first-order valence-corrected chi connectivity index (χ1v) is 20.8. The highest BCUT2D eigenvalue weighted by Crippen LogP contribution is 2.23. The van der Waals surface area contributed by atoms with Gasteiger partial charge in [0.1, 0.15) is 37.1 Å². The maximum absolute atomic E-state index is 10.6. The summed E-state index contributed by atoms with van der Waals surface area (Å²) in [6.45, 7) is 6.65. The van der Waals surface area contributed by atoms with E-state index in [1.54, 1.807) is 0 Å². The summed E-state index contributed by atoms with van der Waals surface area (Å²) in [5.41, 5.74) is 0. The van der Waals surface area contributed by atoms with Gasteiger partial charge in [0.05, 0.1) is 33.9 Å². The fraction of sp³-hybridized carbons (Fsp3) is 0.951. The molecule has 0 aliphatic carbocycles. The lowest BCUT2D eigenvalue weighted by Crippen LogP contribution is -3.00. The van der Waals surface area contributed by atoms with Gasteiger partial charge < -0.3 is 51.5 Å². The predicted molar refractivity (Wildman–Crippen MR) is 203 cm³/mol. The van der Waals surface area contributed by atoms with Crippen molar-refractivity contribution < 1.29 is 51.5 Å². The first kappa shape index (κ1) is 49.7. The molecule has 1 unspecified atom stereocenters. The van der Waals surface area contributed by atoms with Crippen LogP contribution in [0.5, 0.6) is 0 Å². The number of aliphatic hydroxyl groups is 4. The maximum atomic E-state index is 10.6. The summed E-state index contributed by atoms with van der Waals surface area (Å²) in [6.07, 6.45) is 28.6. The summed E-state index contributed by atoms with van der Waals surface area (Å²) in [4.78, 5) is 0. The predicted octanol–water partition coefficient (Wildman–Crippen LogP) is 5.23. The molecule has 0 aromatic carbocycles. The zero-order chi connectivity index (χ0) is 36.0. The Morgan fingerprint density at radius 3 is 1.60 bits per heavy atom. The number of unbranched alkanes of at least 4 members (excludes halogenated alkanes) is 21. The van der Waals surface area contributed by atoms with Gasteiger partial charge >= 0.3 is 0 Å². The van der Waals surface area contributed by atoms with Crippen molar-refractivity contribution in [2.75, 3.05) is 47.0 Å². The van der Waals surface area contributed by atoms with Crippen molar-refractivity contribution in [2.45, 2.75) is 205 Å². The Hall–Kier alpha value is -0.290. The number of hydrogen-bond acceptors (Lipinski definition) is 7. The molecular formula is C41H82ClNO7. The fourth-order valence-electron chi connectivity index (χ4n) is 6.80. The minimum absolute atomic E-state index is 0. The highest BCUT2D eigenvalue weighted by molar-refractivity contribution is 4.89. The molecule has 9 heteroatoms. The Balaban J connectivity index is 0.0000240. The second-order valence-corrected chi connectivity index (χ2v) is 15.5. The molecule has 0 saturated carbocycles. The molecule has 1 fully saturated rings. The van der Waals surface area contributed by atoms with Crippen LogP contribution in [0, 0.1) is 0 Å². The third-order valence-corrected chi connectivity index (χ3v) is 10.0. The Morgan fingerprint density at radius 1 is 0.620 bits per heavy atom. The van der Waals surface area contributed by atoms with E-state index in [0.29, 0.717) is 13.2 Å². The van der Waals surface area contributed by atoms with Crippen molar-refractivity contribution in [1.82, 2.24) is 0 Å². The van der Waals surface area contributed by atoms with Crippen LogP contribution in [0.3, 0.4) is 0 Å². The Morgan fingerprint density at radius 2 is 1.08 bits per heavy atom. The number of halogens is 1. The molecule has 1 heterocycles. The zero-order valence-electron chi connectivity index (χ0n) is 33.0. The number of hydrogen-bond donors (Lipinski definition) is 4. The van der Waals surface area contributed by atoms with Gasteiger partial charge in [-0.05, 0) is 44.9 Å². The molecule has 0 amide bonds. The van der Waals surface area contributed by atoms with E-state index >= 15 is 0 Å². The highest BCUT2D eigenvalue weighted by atomic mass is 35.5. The van der Waals surface area contributed by atoms with E-state index in [-0.39, 0.29) is 25.6 Å². The molecule has 1 saturated heterocycles. The number of likely N-dealkylation sites (N-methyl/N-ethyl adjacent to an activating group) is 1. The van der Waals surface area contributed by atoms with Gasteiger partial charge in [-0.1, -0.05) is 135 Å². The van der Waals surface area contributed by atoms with Crippen molar-refractivity contribution >= 4 is 0 Å². The molecule has 300 valence electrons. The van der Waals surface area contributed by atoms with Gasteiger partial charge in [-0.15, -0.1) is 0 Å². The normalized spacial score (nSPS) is 21.9. The van der Waals surface area contributed by atoms with Crippen molar-refractivity contribution in [3.8, 4) is 0 Å². The van der Waals surface area contributed by atoms with Gasteiger partial charge in [0.15, 0.2) is 6.29 Å². The smallest absolute Gasteiger partial charge is 0.186 e. The van der Waals surface area contributed by atoms with Crippen molar-refractivity contribution in [2.24, 2.45) is 0 Å². The second-order valence-electron chi connectivity index (χ2n) is 15.5. The second kappa shape index (κ2) is 33.3. The lowest BCUT2D eigenvalue weighted by Gasteiger charge is -2.40. The third-order valence-electron chi connectivity index (χ3n) is 10.0. The van der Waals surface area contributed by atoms with Gasteiger partial charge in [-0.2, -0.15) is 0 Å². The van der Waals surface area contributed by atoms with Crippen LogP contribution in [-0.4, -0.2) is 109 Å². The molecule has 4 N–H and O–H groups in total. The lowest BCUT2D eigenvalue weighted by molar-refractivity contribution is -0.893. The van der Waals surface area contributed by atoms with Gasteiger partial charge in [0.2, 0.25) is 0 Å². The Kier molecular flexibility index (Phi) is 33.1. The summed E-state index contributed by atoms with van der Waals surface area (Å²) in [5, 5.41) is 42.0. The number of nitrogens with zero attached hydrogens (tertiary/aromatic N) is 1.